The van der Waals surface area contributed by atoms with Gasteiger partial charge in [0.05, 0.1) is 4.47 Å². The number of ether oxygens (including phenoxy) is 1. The Bertz CT molecular complexity index is 897. The van der Waals surface area contributed by atoms with Crippen molar-refractivity contribution in [3.05, 3.63) is 64.1 Å². The highest BCUT2D eigenvalue weighted by Gasteiger charge is 2.28. The van der Waals surface area contributed by atoms with Gasteiger partial charge in [-0.05, 0) is 71.8 Å². The first kappa shape index (κ1) is 24.3. The number of carbonyl (C=O) groups excluding carboxylic acids is 2. The normalized spacial score (nSPS) is 14.7. The highest BCUT2D eigenvalue weighted by molar-refractivity contribution is 9.10. The molecular weight excluding hydrogens is 468 g/mol. The van der Waals surface area contributed by atoms with Gasteiger partial charge in [-0.25, -0.2) is 0 Å². The molecule has 2 aromatic rings. The van der Waals surface area contributed by atoms with Crippen LogP contribution in [-0.2, 0) is 22.4 Å². The quantitative estimate of drug-likeness (QED) is 0.504. The van der Waals surface area contributed by atoms with E-state index in [0.29, 0.717) is 18.7 Å². The fourth-order valence-electron chi connectivity index (χ4n) is 4.07. The Morgan fingerprint density at radius 3 is 2.50 bits per heavy atom. The van der Waals surface area contributed by atoms with Crippen LogP contribution in [0.3, 0.4) is 0 Å². The Labute approximate surface area is 199 Å². The van der Waals surface area contributed by atoms with E-state index < -0.39 is 6.04 Å². The molecule has 1 atom stereocenters. The monoisotopic (exact) mass is 500 g/mol. The number of aryl methyl sites for hydroxylation is 1. The highest BCUT2D eigenvalue weighted by Crippen LogP contribution is 2.26. The van der Waals surface area contributed by atoms with E-state index in [2.05, 4.69) is 28.2 Å². The third-order valence-electron chi connectivity index (χ3n) is 6.11. The van der Waals surface area contributed by atoms with Crippen LogP contribution in [-0.4, -0.2) is 41.9 Å². The molecule has 3 rings (SSSR count). The lowest BCUT2D eigenvalue weighted by Crippen LogP contribution is -2.51. The SMILES string of the molecule is CCc1ccc(OCC(=O)N(CCc2ccccc2)C(C)C(=O)NC2CCCC2)c(Br)c1. The number of halogens is 1. The highest BCUT2D eigenvalue weighted by atomic mass is 79.9. The average Bonchev–Trinajstić information content (AvgIpc) is 3.31. The van der Waals surface area contributed by atoms with Crippen molar-refractivity contribution in [3.8, 4) is 5.75 Å². The summed E-state index contributed by atoms with van der Waals surface area (Å²) in [6.07, 6.45) is 5.94. The first-order valence-electron chi connectivity index (χ1n) is 11.5. The maximum absolute atomic E-state index is 13.2. The molecule has 2 amide bonds. The molecule has 6 heteroatoms. The third kappa shape index (κ3) is 6.83. The second-order valence-electron chi connectivity index (χ2n) is 8.40. The number of hydrogen-bond acceptors (Lipinski definition) is 3. The van der Waals surface area contributed by atoms with Crippen LogP contribution in [0.1, 0.15) is 50.7 Å². The molecule has 0 aromatic heterocycles. The number of nitrogens with one attached hydrogen (secondary N) is 1. The van der Waals surface area contributed by atoms with Crippen molar-refractivity contribution in [2.24, 2.45) is 0 Å². The molecule has 2 aromatic carbocycles. The van der Waals surface area contributed by atoms with Crippen LogP contribution in [0.15, 0.2) is 53.0 Å². The molecule has 0 radical (unpaired) electrons. The number of rotatable bonds is 10. The lowest BCUT2D eigenvalue weighted by Gasteiger charge is -2.29. The molecule has 0 bridgehead atoms. The van der Waals surface area contributed by atoms with Gasteiger partial charge in [-0.1, -0.05) is 56.2 Å². The molecule has 0 spiro atoms. The maximum Gasteiger partial charge on any atom is 0.261 e. The van der Waals surface area contributed by atoms with Gasteiger partial charge in [0.2, 0.25) is 5.91 Å². The van der Waals surface area contributed by atoms with Gasteiger partial charge in [-0.15, -0.1) is 0 Å². The first-order chi connectivity index (χ1) is 15.5. The summed E-state index contributed by atoms with van der Waals surface area (Å²) < 4.78 is 6.65. The van der Waals surface area contributed by atoms with Gasteiger partial charge in [0.1, 0.15) is 11.8 Å². The first-order valence-corrected chi connectivity index (χ1v) is 12.3. The summed E-state index contributed by atoms with van der Waals surface area (Å²) in [6.45, 7) is 4.24. The van der Waals surface area contributed by atoms with Gasteiger partial charge in [-0.2, -0.15) is 0 Å². The molecule has 1 N–H and O–H groups in total. The lowest BCUT2D eigenvalue weighted by molar-refractivity contribution is -0.141. The third-order valence-corrected chi connectivity index (χ3v) is 6.73. The van der Waals surface area contributed by atoms with Gasteiger partial charge in [0.25, 0.3) is 5.91 Å². The predicted octanol–water partition coefficient (Wildman–Crippen LogP) is 4.91. The van der Waals surface area contributed by atoms with Crippen molar-refractivity contribution in [1.82, 2.24) is 10.2 Å². The molecule has 5 nitrogen and oxygen atoms in total. The van der Waals surface area contributed by atoms with E-state index in [1.54, 1.807) is 11.8 Å². The summed E-state index contributed by atoms with van der Waals surface area (Å²) in [7, 11) is 0. The second-order valence-corrected chi connectivity index (χ2v) is 9.25. The molecule has 32 heavy (non-hydrogen) atoms. The molecule has 1 unspecified atom stereocenters. The van der Waals surface area contributed by atoms with E-state index in [0.717, 1.165) is 42.1 Å². The second kappa shape index (κ2) is 12.0. The molecule has 0 saturated heterocycles. The molecule has 1 fully saturated rings. The Morgan fingerprint density at radius 1 is 1.12 bits per heavy atom. The minimum absolute atomic E-state index is 0.0909. The minimum Gasteiger partial charge on any atom is -0.483 e. The zero-order valence-electron chi connectivity index (χ0n) is 19.0. The van der Waals surface area contributed by atoms with Crippen LogP contribution in [0.25, 0.3) is 0 Å². The molecule has 0 heterocycles. The zero-order valence-corrected chi connectivity index (χ0v) is 20.6. The molecule has 1 saturated carbocycles. The van der Waals surface area contributed by atoms with E-state index in [4.69, 9.17) is 4.74 Å². The summed E-state index contributed by atoms with van der Waals surface area (Å²) in [6, 6.07) is 15.6. The van der Waals surface area contributed by atoms with Gasteiger partial charge < -0.3 is 15.0 Å². The van der Waals surface area contributed by atoms with E-state index in [1.165, 1.54) is 5.56 Å². The Balaban J connectivity index is 1.66. The summed E-state index contributed by atoms with van der Waals surface area (Å²) >= 11 is 3.52. The predicted molar refractivity (Wildman–Crippen MR) is 131 cm³/mol. The van der Waals surface area contributed by atoms with Crippen molar-refractivity contribution >= 4 is 27.7 Å². The smallest absolute Gasteiger partial charge is 0.261 e. The van der Waals surface area contributed by atoms with Crippen LogP contribution in [0.2, 0.25) is 0 Å². The van der Waals surface area contributed by atoms with E-state index in [9.17, 15) is 9.59 Å². The fraction of sp³-hybridized carbons (Fsp3) is 0.462. The van der Waals surface area contributed by atoms with Gasteiger partial charge >= 0.3 is 0 Å². The zero-order chi connectivity index (χ0) is 22.9. The Hall–Kier alpha value is -2.34. The summed E-state index contributed by atoms with van der Waals surface area (Å²) in [5.41, 5.74) is 2.32. The average molecular weight is 501 g/mol. The van der Waals surface area contributed by atoms with Gasteiger partial charge in [0, 0.05) is 12.6 Å². The molecule has 0 aliphatic heterocycles. The Morgan fingerprint density at radius 2 is 1.84 bits per heavy atom. The van der Waals surface area contributed by atoms with Crippen LogP contribution >= 0.6 is 15.9 Å². The van der Waals surface area contributed by atoms with E-state index >= 15 is 0 Å². The largest absolute Gasteiger partial charge is 0.483 e. The van der Waals surface area contributed by atoms with Gasteiger partial charge in [0.15, 0.2) is 6.61 Å². The van der Waals surface area contributed by atoms with Crippen molar-refractivity contribution < 1.29 is 14.3 Å². The fourth-order valence-corrected chi connectivity index (χ4v) is 4.61. The number of amides is 2. The van der Waals surface area contributed by atoms with Crippen molar-refractivity contribution in [2.75, 3.05) is 13.2 Å². The van der Waals surface area contributed by atoms with Crippen LogP contribution in [0.5, 0.6) is 5.75 Å². The molecule has 1 aliphatic carbocycles. The maximum atomic E-state index is 13.2. The standard InChI is InChI=1S/C26H33BrN2O3/c1-3-20-13-14-24(23(27)17-20)32-18-25(30)29(16-15-21-9-5-4-6-10-21)19(2)26(31)28-22-11-7-8-12-22/h4-6,9-10,13-14,17,19,22H,3,7-8,11-12,15-16,18H2,1-2H3,(H,28,31). The van der Waals surface area contributed by atoms with Crippen molar-refractivity contribution in [1.29, 1.82) is 0 Å². The Kier molecular flexibility index (Phi) is 9.15. The van der Waals surface area contributed by atoms with E-state index in [1.807, 2.05) is 48.5 Å². The summed E-state index contributed by atoms with van der Waals surface area (Å²) in [5.74, 6) is 0.342. The van der Waals surface area contributed by atoms with Crippen LogP contribution < -0.4 is 10.1 Å². The van der Waals surface area contributed by atoms with Crippen molar-refractivity contribution in [2.45, 2.75) is 64.5 Å². The number of benzene rings is 2. The van der Waals surface area contributed by atoms with Crippen LogP contribution in [0.4, 0.5) is 0 Å². The number of hydrogen-bond donors (Lipinski definition) is 1. The topological polar surface area (TPSA) is 58.6 Å². The number of carbonyl (C=O) groups is 2. The molecule has 172 valence electrons. The summed E-state index contributed by atoms with van der Waals surface area (Å²) in [4.78, 5) is 27.7. The van der Waals surface area contributed by atoms with Crippen molar-refractivity contribution in [3.63, 3.8) is 0 Å². The van der Waals surface area contributed by atoms with Gasteiger partial charge in [-0.3, -0.25) is 9.59 Å². The minimum atomic E-state index is -0.554. The molecular formula is C26H33BrN2O3. The van der Waals surface area contributed by atoms with E-state index in [-0.39, 0.29) is 24.5 Å². The lowest BCUT2D eigenvalue weighted by atomic mass is 10.1. The summed E-state index contributed by atoms with van der Waals surface area (Å²) in [5, 5.41) is 3.13. The van der Waals surface area contributed by atoms with Crippen LogP contribution in [0, 0.1) is 0 Å². The number of nitrogens with zero attached hydrogens (tertiary/aromatic N) is 1. The molecule has 1 aliphatic rings.